The molecule has 3 aliphatic carbocycles. The minimum Gasteiger partial charge on any atom is -0.0840 e. The molecule has 124 valence electrons. The van der Waals surface area contributed by atoms with E-state index < -0.39 is 0 Å². The Bertz CT molecular complexity index is 792. The lowest BCUT2D eigenvalue weighted by atomic mass is 9.53. The normalized spacial score (nSPS) is 33.3. The molecule has 2 aromatic carbocycles. The molecule has 0 saturated heterocycles. The standard InChI is InChI=1S/C23H25Cl/c1-2-15-12-16-10-11-23(17(13-15)14-16)20-8-4-3-6-18(20)19-7-5-9-21(24)22(19)23/h3-9,15-17H,2,10-14H2,1H3. The largest absolute Gasteiger partial charge is 0.0840 e. The maximum absolute atomic E-state index is 6.83. The van der Waals surface area contributed by atoms with E-state index in [1.807, 2.05) is 0 Å². The topological polar surface area (TPSA) is 0 Å². The van der Waals surface area contributed by atoms with Gasteiger partial charge in [-0.1, -0.05) is 61.3 Å². The van der Waals surface area contributed by atoms with Crippen LogP contribution >= 0.6 is 11.6 Å². The third-order valence-corrected chi connectivity index (χ3v) is 7.60. The second kappa shape index (κ2) is 5.36. The first-order valence-corrected chi connectivity index (χ1v) is 10.0. The van der Waals surface area contributed by atoms with E-state index in [2.05, 4.69) is 49.4 Å². The van der Waals surface area contributed by atoms with E-state index in [0.29, 0.717) is 0 Å². The molecule has 2 saturated carbocycles. The Morgan fingerprint density at radius 2 is 1.83 bits per heavy atom. The first kappa shape index (κ1) is 15.0. The lowest BCUT2D eigenvalue weighted by Crippen LogP contribution is -2.44. The summed E-state index contributed by atoms with van der Waals surface area (Å²) in [7, 11) is 0. The van der Waals surface area contributed by atoms with Gasteiger partial charge in [-0.15, -0.1) is 0 Å². The summed E-state index contributed by atoms with van der Waals surface area (Å²) in [6.07, 6.45) is 8.22. The monoisotopic (exact) mass is 336 g/mol. The predicted molar refractivity (Wildman–Crippen MR) is 102 cm³/mol. The third-order valence-electron chi connectivity index (χ3n) is 7.28. The molecule has 4 atom stereocenters. The molecule has 3 aliphatic rings. The van der Waals surface area contributed by atoms with Gasteiger partial charge in [0, 0.05) is 10.4 Å². The minimum atomic E-state index is 0.175. The van der Waals surface area contributed by atoms with E-state index in [1.54, 1.807) is 5.56 Å². The van der Waals surface area contributed by atoms with Crippen molar-refractivity contribution in [2.24, 2.45) is 17.8 Å². The zero-order chi connectivity index (χ0) is 16.3. The van der Waals surface area contributed by atoms with Crippen molar-refractivity contribution in [3.05, 3.63) is 58.6 Å². The number of hydrogen-bond acceptors (Lipinski definition) is 0. The maximum atomic E-state index is 6.83. The Morgan fingerprint density at radius 3 is 2.71 bits per heavy atom. The van der Waals surface area contributed by atoms with E-state index in [9.17, 15) is 0 Å². The molecule has 2 bridgehead atoms. The first-order valence-electron chi connectivity index (χ1n) is 9.63. The van der Waals surface area contributed by atoms with Crippen LogP contribution in [0.25, 0.3) is 11.1 Å². The summed E-state index contributed by atoms with van der Waals surface area (Å²) in [5.41, 5.74) is 6.03. The molecular weight excluding hydrogens is 312 g/mol. The lowest BCUT2D eigenvalue weighted by Gasteiger charge is -2.51. The Labute approximate surface area is 150 Å². The second-order valence-corrected chi connectivity index (χ2v) is 8.67. The molecule has 1 heteroatoms. The van der Waals surface area contributed by atoms with Crippen molar-refractivity contribution < 1.29 is 0 Å². The summed E-state index contributed by atoms with van der Waals surface area (Å²) in [5, 5.41) is 0.987. The smallest absolute Gasteiger partial charge is 0.0453 e. The zero-order valence-corrected chi connectivity index (χ0v) is 15.2. The zero-order valence-electron chi connectivity index (χ0n) is 14.4. The van der Waals surface area contributed by atoms with Gasteiger partial charge < -0.3 is 0 Å². The predicted octanol–water partition coefficient (Wildman–Crippen LogP) is 6.84. The number of fused-ring (bicyclic) bond motifs is 8. The number of hydrogen-bond donors (Lipinski definition) is 0. The highest BCUT2D eigenvalue weighted by atomic mass is 35.5. The minimum absolute atomic E-state index is 0.175. The first-order chi connectivity index (χ1) is 11.7. The van der Waals surface area contributed by atoms with Gasteiger partial charge in [-0.25, -0.2) is 0 Å². The molecule has 2 aromatic rings. The van der Waals surface area contributed by atoms with Crippen molar-refractivity contribution in [2.45, 2.75) is 50.9 Å². The van der Waals surface area contributed by atoms with Crippen LogP contribution in [0.3, 0.4) is 0 Å². The van der Waals surface area contributed by atoms with Gasteiger partial charge in [0.25, 0.3) is 0 Å². The Hall–Kier alpha value is -1.27. The maximum Gasteiger partial charge on any atom is 0.0453 e. The summed E-state index contributed by atoms with van der Waals surface area (Å²) in [6.45, 7) is 2.38. The number of benzene rings is 2. The van der Waals surface area contributed by atoms with Gasteiger partial charge in [0.2, 0.25) is 0 Å². The molecule has 1 spiro atoms. The second-order valence-electron chi connectivity index (χ2n) is 8.26. The van der Waals surface area contributed by atoms with Crippen molar-refractivity contribution in [3.8, 4) is 11.1 Å². The van der Waals surface area contributed by atoms with Gasteiger partial charge in [0.05, 0.1) is 0 Å². The third kappa shape index (κ3) is 1.87. The van der Waals surface area contributed by atoms with Gasteiger partial charge in [-0.2, -0.15) is 0 Å². The van der Waals surface area contributed by atoms with E-state index in [0.717, 1.165) is 22.8 Å². The van der Waals surface area contributed by atoms with Crippen LogP contribution in [0.2, 0.25) is 5.02 Å². The van der Waals surface area contributed by atoms with Gasteiger partial charge in [-0.3, -0.25) is 0 Å². The van der Waals surface area contributed by atoms with Gasteiger partial charge in [0.1, 0.15) is 0 Å². The van der Waals surface area contributed by atoms with Crippen LogP contribution in [0.1, 0.15) is 56.6 Å². The molecule has 0 radical (unpaired) electrons. The average molecular weight is 337 g/mol. The summed E-state index contributed by atoms with van der Waals surface area (Å²) >= 11 is 6.83. The number of halogens is 1. The van der Waals surface area contributed by atoms with E-state index in [1.165, 1.54) is 55.2 Å². The van der Waals surface area contributed by atoms with Crippen LogP contribution in [-0.2, 0) is 5.41 Å². The molecule has 0 amide bonds. The molecule has 2 fully saturated rings. The van der Waals surface area contributed by atoms with Crippen LogP contribution in [0.15, 0.2) is 42.5 Å². The van der Waals surface area contributed by atoms with E-state index in [-0.39, 0.29) is 5.41 Å². The van der Waals surface area contributed by atoms with E-state index >= 15 is 0 Å². The van der Waals surface area contributed by atoms with Crippen molar-refractivity contribution >= 4 is 11.6 Å². The van der Waals surface area contributed by atoms with Gasteiger partial charge >= 0.3 is 0 Å². The van der Waals surface area contributed by atoms with Gasteiger partial charge in [0.15, 0.2) is 0 Å². The highest BCUT2D eigenvalue weighted by Crippen LogP contribution is 2.63. The average Bonchev–Trinajstić information content (AvgIpc) is 2.91. The van der Waals surface area contributed by atoms with Crippen molar-refractivity contribution in [1.82, 2.24) is 0 Å². The fraction of sp³-hybridized carbons (Fsp3) is 0.478. The number of rotatable bonds is 1. The van der Waals surface area contributed by atoms with E-state index in [4.69, 9.17) is 11.6 Å². The highest BCUT2D eigenvalue weighted by molar-refractivity contribution is 6.32. The molecule has 5 rings (SSSR count). The SMILES string of the molecule is CCC1CC2CCC3(c4ccccc4-c4cccc(Cl)c43)C(C1)C2. The summed E-state index contributed by atoms with van der Waals surface area (Å²) < 4.78 is 0. The Morgan fingerprint density at radius 1 is 1.00 bits per heavy atom. The lowest BCUT2D eigenvalue weighted by molar-refractivity contribution is 0.0778. The van der Waals surface area contributed by atoms with Crippen LogP contribution in [0, 0.1) is 17.8 Å². The molecule has 24 heavy (non-hydrogen) atoms. The molecule has 0 aromatic heterocycles. The van der Waals surface area contributed by atoms with Crippen LogP contribution < -0.4 is 0 Å². The summed E-state index contributed by atoms with van der Waals surface area (Å²) in [6, 6.07) is 15.6. The van der Waals surface area contributed by atoms with Crippen molar-refractivity contribution in [1.29, 1.82) is 0 Å². The van der Waals surface area contributed by atoms with Crippen LogP contribution in [0.4, 0.5) is 0 Å². The molecule has 0 N–H and O–H groups in total. The van der Waals surface area contributed by atoms with Gasteiger partial charge in [-0.05, 0) is 78.2 Å². The Balaban J connectivity index is 1.75. The quantitative estimate of drug-likeness (QED) is 0.534. The molecule has 0 nitrogen and oxygen atoms in total. The summed E-state index contributed by atoms with van der Waals surface area (Å²) in [5.74, 6) is 2.61. The fourth-order valence-electron chi connectivity index (χ4n) is 6.30. The van der Waals surface area contributed by atoms with Crippen LogP contribution in [0.5, 0.6) is 0 Å². The summed E-state index contributed by atoms with van der Waals surface area (Å²) in [4.78, 5) is 0. The molecule has 0 aliphatic heterocycles. The van der Waals surface area contributed by atoms with Crippen LogP contribution in [-0.4, -0.2) is 0 Å². The van der Waals surface area contributed by atoms with Crippen molar-refractivity contribution in [2.75, 3.05) is 0 Å². The van der Waals surface area contributed by atoms with Crippen molar-refractivity contribution in [3.63, 3.8) is 0 Å². The Kier molecular flexibility index (Phi) is 3.36. The molecule has 4 unspecified atom stereocenters. The fourth-order valence-corrected chi connectivity index (χ4v) is 6.64. The highest BCUT2D eigenvalue weighted by Gasteiger charge is 2.53. The molecule has 0 heterocycles. The molecular formula is C23H25Cl.